The highest BCUT2D eigenvalue weighted by Gasteiger charge is 2.22. The van der Waals surface area contributed by atoms with E-state index in [2.05, 4.69) is 20.3 Å². The van der Waals surface area contributed by atoms with E-state index in [1.807, 2.05) is 22.9 Å². The van der Waals surface area contributed by atoms with Gasteiger partial charge in [-0.1, -0.05) is 0 Å². The molecule has 4 heterocycles. The average Bonchev–Trinajstić information content (AvgIpc) is 3.10. The predicted molar refractivity (Wildman–Crippen MR) is 93.5 cm³/mol. The Hall–Kier alpha value is -3.20. The van der Waals surface area contributed by atoms with E-state index in [0.717, 1.165) is 41.9 Å². The number of rotatable bonds is 3. The molecule has 4 aromatic rings. The fourth-order valence-electron chi connectivity index (χ4n) is 3.17. The molecule has 0 aliphatic carbocycles. The topological polar surface area (TPSA) is 134 Å². The molecule has 25 heavy (non-hydrogen) atoms. The largest absolute Gasteiger partial charge is 0.424 e. The van der Waals surface area contributed by atoms with Gasteiger partial charge in [-0.3, -0.25) is 0 Å². The average molecular weight is 336 g/mol. The summed E-state index contributed by atoms with van der Waals surface area (Å²) < 4.78 is 7.25. The Balaban J connectivity index is 1.70. The van der Waals surface area contributed by atoms with Crippen molar-refractivity contribution in [2.45, 2.75) is 6.54 Å². The molecule has 5 N–H and O–H groups in total. The van der Waals surface area contributed by atoms with Gasteiger partial charge in [0.15, 0.2) is 11.2 Å². The number of nitrogens with one attached hydrogen (secondary N) is 1. The molecular formula is C16H16N8O. The van der Waals surface area contributed by atoms with Crippen molar-refractivity contribution in [3.63, 3.8) is 0 Å². The molecule has 9 heteroatoms. The molecule has 0 atom stereocenters. The van der Waals surface area contributed by atoms with Crippen LogP contribution in [0.25, 0.3) is 33.4 Å². The number of nitrogen functional groups attached to an aromatic ring is 2. The summed E-state index contributed by atoms with van der Waals surface area (Å²) in [6.45, 7) is 2.77. The van der Waals surface area contributed by atoms with Gasteiger partial charge in [0.2, 0.25) is 0 Å². The molecule has 1 aliphatic heterocycles. The minimum Gasteiger partial charge on any atom is -0.424 e. The number of hydrogen-bond donors (Lipinski definition) is 3. The zero-order valence-electron chi connectivity index (χ0n) is 13.3. The molecule has 0 unspecified atom stereocenters. The number of anilines is 2. The van der Waals surface area contributed by atoms with Crippen LogP contribution in [-0.4, -0.2) is 37.8 Å². The molecule has 5 rings (SSSR count). The lowest BCUT2D eigenvalue weighted by molar-refractivity contribution is 0.299. The second-order valence-corrected chi connectivity index (χ2v) is 6.25. The van der Waals surface area contributed by atoms with Crippen molar-refractivity contribution < 1.29 is 4.42 Å². The third-order valence-electron chi connectivity index (χ3n) is 4.53. The summed E-state index contributed by atoms with van der Waals surface area (Å²) in [5, 5.41) is 8.80. The molecule has 1 saturated heterocycles. The van der Waals surface area contributed by atoms with E-state index in [-0.39, 0.29) is 6.01 Å². The molecule has 0 amide bonds. The van der Waals surface area contributed by atoms with Crippen LogP contribution < -0.4 is 16.8 Å². The highest BCUT2D eigenvalue weighted by molar-refractivity contribution is 5.99. The molecule has 0 bridgehead atoms. The lowest BCUT2D eigenvalue weighted by Crippen LogP contribution is -2.44. The zero-order chi connectivity index (χ0) is 17.0. The second kappa shape index (κ2) is 5.15. The van der Waals surface area contributed by atoms with Crippen molar-refractivity contribution in [3.8, 4) is 11.3 Å². The maximum absolute atomic E-state index is 6.13. The zero-order valence-corrected chi connectivity index (χ0v) is 13.3. The first-order chi connectivity index (χ1) is 12.2. The number of oxazole rings is 1. The number of aromatic nitrogens is 5. The SMILES string of the molecule is Nc1nc2cc(-c3nn(CC4CNC4)c4ncnc(N)c34)ccc2o1. The van der Waals surface area contributed by atoms with Crippen molar-refractivity contribution in [3.05, 3.63) is 24.5 Å². The van der Waals surface area contributed by atoms with Gasteiger partial charge in [0.1, 0.15) is 23.4 Å². The number of nitrogens with zero attached hydrogens (tertiary/aromatic N) is 5. The summed E-state index contributed by atoms with van der Waals surface area (Å²) in [6, 6.07) is 5.77. The quantitative estimate of drug-likeness (QED) is 0.505. The van der Waals surface area contributed by atoms with Gasteiger partial charge in [-0.05, 0) is 18.2 Å². The Morgan fingerprint density at radius 2 is 2.12 bits per heavy atom. The summed E-state index contributed by atoms with van der Waals surface area (Å²) in [4.78, 5) is 12.7. The maximum atomic E-state index is 6.13. The first-order valence-electron chi connectivity index (χ1n) is 8.03. The van der Waals surface area contributed by atoms with Crippen LogP contribution in [0.15, 0.2) is 28.9 Å². The van der Waals surface area contributed by atoms with Gasteiger partial charge in [0, 0.05) is 31.1 Å². The third-order valence-corrected chi connectivity index (χ3v) is 4.53. The van der Waals surface area contributed by atoms with Crippen molar-refractivity contribution in [2.24, 2.45) is 5.92 Å². The highest BCUT2D eigenvalue weighted by Crippen LogP contribution is 2.32. The number of benzene rings is 1. The molecule has 1 aliphatic rings. The third kappa shape index (κ3) is 2.20. The fourth-order valence-corrected chi connectivity index (χ4v) is 3.17. The molecule has 0 radical (unpaired) electrons. The van der Waals surface area contributed by atoms with Gasteiger partial charge in [0.05, 0.1) is 5.39 Å². The fraction of sp³-hybridized carbons (Fsp3) is 0.250. The molecule has 1 aromatic carbocycles. The van der Waals surface area contributed by atoms with Gasteiger partial charge in [0.25, 0.3) is 6.01 Å². The number of nitrogens with two attached hydrogens (primary N) is 2. The van der Waals surface area contributed by atoms with Gasteiger partial charge < -0.3 is 21.2 Å². The van der Waals surface area contributed by atoms with Crippen LogP contribution in [-0.2, 0) is 6.54 Å². The minimum absolute atomic E-state index is 0.142. The van der Waals surface area contributed by atoms with Gasteiger partial charge >= 0.3 is 0 Å². The van der Waals surface area contributed by atoms with Gasteiger partial charge in [-0.25, -0.2) is 14.6 Å². The Kier molecular flexibility index (Phi) is 2.92. The molecular weight excluding hydrogens is 320 g/mol. The predicted octanol–water partition coefficient (Wildman–Crippen LogP) is 1.02. The van der Waals surface area contributed by atoms with Crippen LogP contribution in [0.3, 0.4) is 0 Å². The monoisotopic (exact) mass is 336 g/mol. The van der Waals surface area contributed by atoms with Crippen LogP contribution in [0.2, 0.25) is 0 Å². The Morgan fingerprint density at radius 3 is 2.92 bits per heavy atom. The number of fused-ring (bicyclic) bond motifs is 2. The van der Waals surface area contributed by atoms with Gasteiger partial charge in [-0.2, -0.15) is 10.1 Å². The van der Waals surface area contributed by atoms with Crippen LogP contribution in [0.5, 0.6) is 0 Å². The molecule has 9 nitrogen and oxygen atoms in total. The van der Waals surface area contributed by atoms with E-state index in [1.165, 1.54) is 6.33 Å². The van der Waals surface area contributed by atoms with E-state index < -0.39 is 0 Å². The molecule has 0 saturated carbocycles. The Labute approximate surface area is 142 Å². The summed E-state index contributed by atoms with van der Waals surface area (Å²) in [5.41, 5.74) is 15.4. The van der Waals surface area contributed by atoms with E-state index in [4.69, 9.17) is 21.0 Å². The molecule has 3 aromatic heterocycles. The van der Waals surface area contributed by atoms with Crippen molar-refractivity contribution in [1.82, 2.24) is 30.0 Å². The van der Waals surface area contributed by atoms with Crippen molar-refractivity contribution >= 4 is 34.0 Å². The Morgan fingerprint density at radius 1 is 1.24 bits per heavy atom. The number of hydrogen-bond acceptors (Lipinski definition) is 8. The standard InChI is InChI=1S/C16H16N8O/c17-14-12-13(9-1-2-11-10(3-9)22-16(18)25-11)23-24(6-8-4-19-5-8)15(12)21-7-20-14/h1-3,7-8,19H,4-6H2,(H2,18,22)(H2,17,20,21). The smallest absolute Gasteiger partial charge is 0.292 e. The molecule has 1 fully saturated rings. The second-order valence-electron chi connectivity index (χ2n) is 6.25. The van der Waals surface area contributed by atoms with Crippen molar-refractivity contribution in [1.29, 1.82) is 0 Å². The van der Waals surface area contributed by atoms with Crippen LogP contribution >= 0.6 is 0 Å². The van der Waals surface area contributed by atoms with Crippen LogP contribution in [0.4, 0.5) is 11.8 Å². The summed E-state index contributed by atoms with van der Waals surface area (Å²) >= 11 is 0. The van der Waals surface area contributed by atoms with E-state index in [1.54, 1.807) is 0 Å². The first kappa shape index (κ1) is 14.2. The first-order valence-corrected chi connectivity index (χ1v) is 8.03. The van der Waals surface area contributed by atoms with Crippen LogP contribution in [0.1, 0.15) is 0 Å². The van der Waals surface area contributed by atoms with Crippen LogP contribution in [0, 0.1) is 5.92 Å². The lowest BCUT2D eigenvalue weighted by Gasteiger charge is -2.26. The highest BCUT2D eigenvalue weighted by atomic mass is 16.4. The van der Waals surface area contributed by atoms with Crippen molar-refractivity contribution in [2.75, 3.05) is 24.6 Å². The van der Waals surface area contributed by atoms with E-state index in [9.17, 15) is 0 Å². The van der Waals surface area contributed by atoms with Gasteiger partial charge in [-0.15, -0.1) is 0 Å². The summed E-state index contributed by atoms with van der Waals surface area (Å²) in [7, 11) is 0. The molecule has 0 spiro atoms. The molecule has 126 valence electrons. The van der Waals surface area contributed by atoms with E-state index >= 15 is 0 Å². The lowest BCUT2D eigenvalue weighted by atomic mass is 10.0. The van der Waals surface area contributed by atoms with E-state index in [0.29, 0.717) is 22.8 Å². The maximum Gasteiger partial charge on any atom is 0.292 e. The minimum atomic E-state index is 0.142. The summed E-state index contributed by atoms with van der Waals surface area (Å²) in [5.74, 6) is 0.961. The Bertz CT molecular complexity index is 1090. The normalized spacial score (nSPS) is 15.0. The summed E-state index contributed by atoms with van der Waals surface area (Å²) in [6.07, 6.45) is 1.47.